The van der Waals surface area contributed by atoms with E-state index in [1.165, 1.54) is 38.6 Å². The highest BCUT2D eigenvalue weighted by Crippen LogP contribution is 2.26. The predicted molar refractivity (Wildman–Crippen MR) is 97.9 cm³/mol. The van der Waals surface area contributed by atoms with Gasteiger partial charge in [0.25, 0.3) is 0 Å². The van der Waals surface area contributed by atoms with Crippen molar-refractivity contribution in [3.63, 3.8) is 0 Å². The summed E-state index contributed by atoms with van der Waals surface area (Å²) in [5.74, 6) is 0.901. The second kappa shape index (κ2) is 8.93. The molecule has 1 atom stereocenters. The van der Waals surface area contributed by atoms with Crippen molar-refractivity contribution in [1.29, 1.82) is 0 Å². The highest BCUT2D eigenvalue weighted by molar-refractivity contribution is 5.10. The Labute approximate surface area is 146 Å². The maximum atomic E-state index is 9.49. The van der Waals surface area contributed by atoms with Crippen molar-refractivity contribution < 1.29 is 5.11 Å². The quantitative estimate of drug-likeness (QED) is 0.870. The molecule has 0 radical (unpaired) electrons. The highest BCUT2D eigenvalue weighted by Gasteiger charge is 2.28. The monoisotopic (exact) mass is 331 g/mol. The summed E-state index contributed by atoms with van der Waals surface area (Å²) in [6.45, 7) is 7.85. The molecule has 2 heterocycles. The molecule has 4 heteroatoms. The fraction of sp³-hybridized carbons (Fsp3) is 0.750. The van der Waals surface area contributed by atoms with Gasteiger partial charge in [0.15, 0.2) is 0 Å². The summed E-state index contributed by atoms with van der Waals surface area (Å²) in [5.41, 5.74) is 2.24. The number of pyridine rings is 1. The molecule has 1 aromatic rings. The third-order valence-electron chi connectivity index (χ3n) is 5.70. The van der Waals surface area contributed by atoms with Crippen LogP contribution >= 0.6 is 0 Å². The Kier molecular flexibility index (Phi) is 6.64. The zero-order valence-electron chi connectivity index (χ0n) is 15.2. The van der Waals surface area contributed by atoms with Gasteiger partial charge in [0.05, 0.1) is 5.69 Å². The van der Waals surface area contributed by atoms with Crippen molar-refractivity contribution in [3.8, 4) is 0 Å². The van der Waals surface area contributed by atoms with E-state index in [9.17, 15) is 5.11 Å². The van der Waals surface area contributed by atoms with Gasteiger partial charge < -0.3 is 10.0 Å². The first-order valence-corrected chi connectivity index (χ1v) is 9.74. The van der Waals surface area contributed by atoms with Gasteiger partial charge in [-0.15, -0.1) is 0 Å². The third kappa shape index (κ3) is 5.01. The second-order valence-corrected chi connectivity index (χ2v) is 7.67. The summed E-state index contributed by atoms with van der Waals surface area (Å²) >= 11 is 0. The number of hydrogen-bond donors (Lipinski definition) is 1. The van der Waals surface area contributed by atoms with Gasteiger partial charge in [-0.05, 0) is 44.2 Å². The molecule has 4 nitrogen and oxygen atoms in total. The minimum absolute atomic E-state index is 0.277. The van der Waals surface area contributed by atoms with Gasteiger partial charge in [-0.3, -0.25) is 9.88 Å². The van der Waals surface area contributed by atoms with Crippen LogP contribution in [-0.4, -0.2) is 58.7 Å². The van der Waals surface area contributed by atoms with Crippen LogP contribution in [0.15, 0.2) is 18.2 Å². The number of aliphatic hydroxyl groups excluding tert-OH is 1. The number of aryl methyl sites for hydroxylation is 1. The first kappa shape index (κ1) is 17.8. The third-order valence-corrected chi connectivity index (χ3v) is 5.70. The SMILES string of the molecule is Cc1cccc(CN2CCN(CC3CCCCC3)C[C@H]2CCO)n1. The molecule has 1 aromatic heterocycles. The van der Waals surface area contributed by atoms with E-state index in [0.29, 0.717) is 6.04 Å². The average molecular weight is 332 g/mol. The molecule has 0 aromatic carbocycles. The van der Waals surface area contributed by atoms with E-state index in [2.05, 4.69) is 39.9 Å². The lowest BCUT2D eigenvalue weighted by atomic mass is 9.88. The Morgan fingerprint density at radius 2 is 2.00 bits per heavy atom. The van der Waals surface area contributed by atoms with E-state index in [1.807, 2.05) is 0 Å². The molecule has 0 bridgehead atoms. The number of hydrogen-bond acceptors (Lipinski definition) is 4. The zero-order valence-corrected chi connectivity index (χ0v) is 15.2. The maximum Gasteiger partial charge on any atom is 0.0547 e. The van der Waals surface area contributed by atoms with Crippen LogP contribution in [0.25, 0.3) is 0 Å². The maximum absolute atomic E-state index is 9.49. The largest absolute Gasteiger partial charge is 0.396 e. The van der Waals surface area contributed by atoms with Crippen molar-refractivity contribution in [3.05, 3.63) is 29.6 Å². The first-order valence-electron chi connectivity index (χ1n) is 9.74. The molecule has 1 saturated carbocycles. The molecule has 1 aliphatic carbocycles. The van der Waals surface area contributed by atoms with Crippen LogP contribution in [0.3, 0.4) is 0 Å². The van der Waals surface area contributed by atoms with Crippen molar-refractivity contribution >= 4 is 0 Å². The first-order chi connectivity index (χ1) is 11.7. The molecule has 24 heavy (non-hydrogen) atoms. The second-order valence-electron chi connectivity index (χ2n) is 7.67. The van der Waals surface area contributed by atoms with Gasteiger partial charge >= 0.3 is 0 Å². The topological polar surface area (TPSA) is 39.6 Å². The van der Waals surface area contributed by atoms with E-state index >= 15 is 0 Å². The van der Waals surface area contributed by atoms with Crippen LogP contribution in [-0.2, 0) is 6.54 Å². The molecule has 1 aliphatic heterocycles. The molecule has 1 saturated heterocycles. The normalized spacial score (nSPS) is 24.3. The molecule has 3 rings (SSSR count). The Morgan fingerprint density at radius 3 is 2.75 bits per heavy atom. The smallest absolute Gasteiger partial charge is 0.0547 e. The number of piperazine rings is 1. The van der Waals surface area contributed by atoms with Crippen molar-refractivity contribution in [2.24, 2.45) is 5.92 Å². The molecule has 2 aliphatic rings. The van der Waals surface area contributed by atoms with Crippen LogP contribution in [0.5, 0.6) is 0 Å². The highest BCUT2D eigenvalue weighted by atomic mass is 16.3. The summed E-state index contributed by atoms with van der Waals surface area (Å²) in [4.78, 5) is 9.83. The van der Waals surface area contributed by atoms with Gasteiger partial charge in [0.2, 0.25) is 0 Å². The van der Waals surface area contributed by atoms with Gasteiger partial charge in [-0.25, -0.2) is 0 Å². The van der Waals surface area contributed by atoms with Crippen LogP contribution in [0.4, 0.5) is 0 Å². The van der Waals surface area contributed by atoms with Crippen molar-refractivity contribution in [1.82, 2.24) is 14.8 Å². The number of aliphatic hydroxyl groups is 1. The predicted octanol–water partition coefficient (Wildman–Crippen LogP) is 2.84. The van der Waals surface area contributed by atoms with Crippen LogP contribution < -0.4 is 0 Å². The molecule has 0 unspecified atom stereocenters. The fourth-order valence-corrected chi connectivity index (χ4v) is 4.38. The van der Waals surface area contributed by atoms with Gasteiger partial charge in [0.1, 0.15) is 0 Å². The number of rotatable bonds is 6. The lowest BCUT2D eigenvalue weighted by molar-refractivity contribution is 0.0419. The Bertz CT molecular complexity index is 501. The summed E-state index contributed by atoms with van der Waals surface area (Å²) in [6.07, 6.45) is 7.97. The Morgan fingerprint density at radius 1 is 1.17 bits per heavy atom. The lowest BCUT2D eigenvalue weighted by Gasteiger charge is -2.42. The zero-order chi connectivity index (χ0) is 16.8. The van der Waals surface area contributed by atoms with Crippen LogP contribution in [0.2, 0.25) is 0 Å². The minimum Gasteiger partial charge on any atom is -0.396 e. The van der Waals surface area contributed by atoms with Gasteiger partial charge in [0, 0.05) is 51.1 Å². The van der Waals surface area contributed by atoms with E-state index < -0.39 is 0 Å². The summed E-state index contributed by atoms with van der Waals surface area (Å²) in [7, 11) is 0. The lowest BCUT2D eigenvalue weighted by Crippen LogP contribution is -2.54. The minimum atomic E-state index is 0.277. The Balaban J connectivity index is 1.56. The summed E-state index contributed by atoms with van der Waals surface area (Å²) < 4.78 is 0. The van der Waals surface area contributed by atoms with E-state index in [0.717, 1.165) is 49.9 Å². The van der Waals surface area contributed by atoms with E-state index in [1.54, 1.807) is 0 Å². The number of nitrogens with zero attached hydrogens (tertiary/aromatic N) is 3. The average Bonchev–Trinajstić information content (AvgIpc) is 2.58. The summed E-state index contributed by atoms with van der Waals surface area (Å²) in [6, 6.07) is 6.72. The number of aromatic nitrogens is 1. The molecular weight excluding hydrogens is 298 g/mol. The molecule has 0 spiro atoms. The van der Waals surface area contributed by atoms with Crippen molar-refractivity contribution in [2.45, 2.75) is 58.0 Å². The van der Waals surface area contributed by atoms with Gasteiger partial charge in [-0.2, -0.15) is 0 Å². The Hall–Kier alpha value is -0.970. The van der Waals surface area contributed by atoms with Crippen LogP contribution in [0, 0.1) is 12.8 Å². The molecule has 2 fully saturated rings. The fourth-order valence-electron chi connectivity index (χ4n) is 4.38. The van der Waals surface area contributed by atoms with Crippen molar-refractivity contribution in [2.75, 3.05) is 32.8 Å². The molecular formula is C20H33N3O. The van der Waals surface area contributed by atoms with E-state index in [4.69, 9.17) is 0 Å². The van der Waals surface area contributed by atoms with Gasteiger partial charge in [-0.1, -0.05) is 25.3 Å². The molecule has 134 valence electrons. The molecule has 0 amide bonds. The van der Waals surface area contributed by atoms with E-state index in [-0.39, 0.29) is 6.61 Å². The summed E-state index contributed by atoms with van der Waals surface area (Å²) in [5, 5.41) is 9.49. The van der Waals surface area contributed by atoms with Crippen LogP contribution in [0.1, 0.15) is 49.9 Å². The standard InChI is InChI=1S/C20H33N3O/c1-17-6-5-9-19(21-17)15-23-12-11-22(16-20(23)10-13-24)14-18-7-3-2-4-8-18/h5-6,9,18,20,24H,2-4,7-8,10-16H2,1H3/t20-/m1/s1. The molecule has 1 N–H and O–H groups in total.